The molecule has 0 radical (unpaired) electrons. The van der Waals surface area contributed by atoms with Gasteiger partial charge in [0.25, 0.3) is 0 Å². The van der Waals surface area contributed by atoms with E-state index in [-0.39, 0.29) is 18.9 Å². The maximum Gasteiger partial charge on any atom is 0.401 e. The predicted molar refractivity (Wildman–Crippen MR) is 52.0 cm³/mol. The van der Waals surface area contributed by atoms with E-state index in [2.05, 4.69) is 0 Å². The van der Waals surface area contributed by atoms with E-state index in [4.69, 9.17) is 5.11 Å². The average molecular weight is 239 g/mol. The number of aliphatic hydroxyl groups excluding tert-OH is 1. The molecule has 1 aliphatic carbocycles. The third-order valence-electron chi connectivity index (χ3n) is 2.73. The number of alkyl halides is 3. The Bertz CT molecular complexity index is 243. The first-order valence-corrected chi connectivity index (χ1v) is 5.38. The molecule has 0 aromatic heterocycles. The van der Waals surface area contributed by atoms with Crippen molar-refractivity contribution in [1.29, 1.82) is 0 Å². The number of ketones is 1. The van der Waals surface area contributed by atoms with Crippen LogP contribution in [0.2, 0.25) is 0 Å². The van der Waals surface area contributed by atoms with Gasteiger partial charge in [0.2, 0.25) is 0 Å². The summed E-state index contributed by atoms with van der Waals surface area (Å²) >= 11 is 0. The molecule has 1 unspecified atom stereocenters. The number of hydrogen-bond acceptors (Lipinski definition) is 3. The maximum absolute atomic E-state index is 12.3. The molecule has 3 nitrogen and oxygen atoms in total. The molecule has 0 heterocycles. The smallest absolute Gasteiger partial charge is 0.395 e. The van der Waals surface area contributed by atoms with E-state index in [1.807, 2.05) is 0 Å². The highest BCUT2D eigenvalue weighted by Gasteiger charge is 2.36. The Kier molecular flexibility index (Phi) is 4.73. The number of carbonyl (C=O) groups excluding carboxylic acids is 1. The van der Waals surface area contributed by atoms with Crippen LogP contribution in [0, 0.1) is 0 Å². The van der Waals surface area contributed by atoms with Crippen LogP contribution in [-0.4, -0.2) is 47.7 Å². The Labute approximate surface area is 92.2 Å². The fourth-order valence-corrected chi connectivity index (χ4v) is 2.05. The van der Waals surface area contributed by atoms with Gasteiger partial charge in [0.05, 0.1) is 19.2 Å². The zero-order valence-corrected chi connectivity index (χ0v) is 8.96. The van der Waals surface area contributed by atoms with E-state index in [1.165, 1.54) is 0 Å². The second-order valence-corrected chi connectivity index (χ2v) is 4.04. The van der Waals surface area contributed by atoms with Gasteiger partial charge in [-0.1, -0.05) is 6.42 Å². The molecule has 1 atom stereocenters. The van der Waals surface area contributed by atoms with Crippen LogP contribution < -0.4 is 0 Å². The molecular formula is C10H16F3NO2. The molecule has 6 heteroatoms. The standard InChI is InChI=1S/C10H16F3NO2/c11-10(12,13)7-14(5-6-15)8-3-1-2-4-9(8)16/h8,15H,1-7H2. The third kappa shape index (κ3) is 4.09. The molecule has 0 amide bonds. The lowest BCUT2D eigenvalue weighted by molar-refractivity contribution is -0.156. The predicted octanol–water partition coefficient (Wildman–Crippen LogP) is 1.35. The van der Waals surface area contributed by atoms with Gasteiger partial charge < -0.3 is 5.11 Å². The van der Waals surface area contributed by atoms with Gasteiger partial charge in [-0.05, 0) is 12.8 Å². The first-order chi connectivity index (χ1) is 7.44. The Morgan fingerprint density at radius 2 is 2.06 bits per heavy atom. The lowest BCUT2D eigenvalue weighted by atomic mass is 9.93. The molecule has 16 heavy (non-hydrogen) atoms. The van der Waals surface area contributed by atoms with E-state index >= 15 is 0 Å². The van der Waals surface area contributed by atoms with Crippen molar-refractivity contribution in [2.75, 3.05) is 19.7 Å². The molecular weight excluding hydrogens is 223 g/mol. The minimum Gasteiger partial charge on any atom is -0.395 e. The quantitative estimate of drug-likeness (QED) is 0.805. The topological polar surface area (TPSA) is 40.5 Å². The molecule has 0 aliphatic heterocycles. The number of halogens is 3. The van der Waals surface area contributed by atoms with Crippen molar-refractivity contribution in [1.82, 2.24) is 4.90 Å². The second kappa shape index (κ2) is 5.63. The molecule has 1 N–H and O–H groups in total. The molecule has 1 saturated carbocycles. The number of hydrogen-bond donors (Lipinski definition) is 1. The molecule has 94 valence electrons. The summed E-state index contributed by atoms with van der Waals surface area (Å²) in [6.45, 7) is -1.58. The van der Waals surface area contributed by atoms with E-state index in [1.54, 1.807) is 0 Å². The van der Waals surface area contributed by atoms with Crippen LogP contribution in [0.5, 0.6) is 0 Å². The van der Waals surface area contributed by atoms with Crippen LogP contribution in [0.15, 0.2) is 0 Å². The van der Waals surface area contributed by atoms with Crippen LogP contribution in [-0.2, 0) is 4.79 Å². The summed E-state index contributed by atoms with van der Waals surface area (Å²) in [6.07, 6.45) is -1.98. The van der Waals surface area contributed by atoms with Gasteiger partial charge >= 0.3 is 6.18 Å². The highest BCUT2D eigenvalue weighted by Crippen LogP contribution is 2.24. The van der Waals surface area contributed by atoms with Crippen molar-refractivity contribution in [3.8, 4) is 0 Å². The number of Topliss-reactive ketones (excluding diaryl/α,β-unsaturated/α-hetero) is 1. The Hall–Kier alpha value is -0.620. The zero-order valence-electron chi connectivity index (χ0n) is 8.96. The second-order valence-electron chi connectivity index (χ2n) is 4.04. The monoisotopic (exact) mass is 239 g/mol. The number of rotatable bonds is 4. The highest BCUT2D eigenvalue weighted by atomic mass is 19.4. The Morgan fingerprint density at radius 1 is 1.38 bits per heavy atom. The van der Waals surface area contributed by atoms with Gasteiger partial charge in [-0.15, -0.1) is 0 Å². The number of aliphatic hydroxyl groups is 1. The minimum atomic E-state index is -4.33. The fraction of sp³-hybridized carbons (Fsp3) is 0.900. The van der Waals surface area contributed by atoms with Crippen LogP contribution in [0.4, 0.5) is 13.2 Å². The Morgan fingerprint density at radius 3 is 2.56 bits per heavy atom. The normalized spacial score (nSPS) is 22.8. The van der Waals surface area contributed by atoms with Crippen LogP contribution >= 0.6 is 0 Å². The number of nitrogens with zero attached hydrogens (tertiary/aromatic N) is 1. The van der Waals surface area contributed by atoms with Crippen LogP contribution in [0.3, 0.4) is 0 Å². The molecule has 1 fully saturated rings. The molecule has 1 rings (SSSR count). The SMILES string of the molecule is O=C1CCCCC1N(CCO)CC(F)(F)F. The van der Waals surface area contributed by atoms with E-state index in [0.29, 0.717) is 12.8 Å². The highest BCUT2D eigenvalue weighted by molar-refractivity contribution is 5.84. The first-order valence-electron chi connectivity index (χ1n) is 5.38. The van der Waals surface area contributed by atoms with Crippen molar-refractivity contribution < 1.29 is 23.1 Å². The van der Waals surface area contributed by atoms with E-state index in [0.717, 1.165) is 17.7 Å². The largest absolute Gasteiger partial charge is 0.401 e. The molecule has 0 aromatic rings. The summed E-state index contributed by atoms with van der Waals surface area (Å²) in [6, 6.07) is -0.664. The van der Waals surface area contributed by atoms with Crippen molar-refractivity contribution in [2.45, 2.75) is 37.9 Å². The lowest BCUT2D eigenvalue weighted by Gasteiger charge is -2.33. The van der Waals surface area contributed by atoms with Gasteiger partial charge in [-0.25, -0.2) is 0 Å². The Balaban J connectivity index is 2.63. The van der Waals surface area contributed by atoms with Gasteiger partial charge in [0.1, 0.15) is 5.78 Å². The average Bonchev–Trinajstić information content (AvgIpc) is 2.16. The zero-order chi connectivity index (χ0) is 12.2. The van der Waals surface area contributed by atoms with E-state index in [9.17, 15) is 18.0 Å². The summed E-state index contributed by atoms with van der Waals surface area (Å²) in [5, 5.41) is 8.73. The minimum absolute atomic E-state index is 0.101. The van der Waals surface area contributed by atoms with Crippen molar-refractivity contribution in [3.05, 3.63) is 0 Å². The molecule has 0 aromatic carbocycles. The van der Waals surface area contributed by atoms with Gasteiger partial charge in [0, 0.05) is 13.0 Å². The van der Waals surface area contributed by atoms with Crippen molar-refractivity contribution in [3.63, 3.8) is 0 Å². The summed E-state index contributed by atoms with van der Waals surface area (Å²) in [7, 11) is 0. The van der Waals surface area contributed by atoms with Gasteiger partial charge in [0.15, 0.2) is 0 Å². The van der Waals surface area contributed by atoms with Crippen molar-refractivity contribution in [2.24, 2.45) is 0 Å². The molecule has 0 saturated heterocycles. The molecule has 1 aliphatic rings. The van der Waals surface area contributed by atoms with Crippen LogP contribution in [0.1, 0.15) is 25.7 Å². The summed E-state index contributed by atoms with van der Waals surface area (Å²) in [4.78, 5) is 12.5. The summed E-state index contributed by atoms with van der Waals surface area (Å²) < 4.78 is 36.8. The van der Waals surface area contributed by atoms with Crippen molar-refractivity contribution >= 4 is 5.78 Å². The maximum atomic E-state index is 12.3. The fourth-order valence-electron chi connectivity index (χ4n) is 2.05. The summed E-state index contributed by atoms with van der Waals surface area (Å²) in [5.41, 5.74) is 0. The third-order valence-corrected chi connectivity index (χ3v) is 2.73. The van der Waals surface area contributed by atoms with Gasteiger partial charge in [-0.3, -0.25) is 9.69 Å². The molecule has 0 spiro atoms. The van der Waals surface area contributed by atoms with Gasteiger partial charge in [-0.2, -0.15) is 13.2 Å². The molecule has 0 bridgehead atoms. The van der Waals surface area contributed by atoms with Crippen LogP contribution in [0.25, 0.3) is 0 Å². The summed E-state index contributed by atoms with van der Waals surface area (Å²) in [5.74, 6) is -0.135. The lowest BCUT2D eigenvalue weighted by Crippen LogP contribution is -2.48. The van der Waals surface area contributed by atoms with E-state index < -0.39 is 18.8 Å². The first kappa shape index (κ1) is 13.4. The number of carbonyl (C=O) groups is 1.